The summed E-state index contributed by atoms with van der Waals surface area (Å²) in [6, 6.07) is 8.78. The highest BCUT2D eigenvalue weighted by atomic mass is 16.7. The Balaban J connectivity index is 1.86. The van der Waals surface area contributed by atoms with E-state index in [2.05, 4.69) is 42.8 Å². The number of hydrogen-bond acceptors (Lipinski definition) is 2. The number of ether oxygens (including phenoxy) is 2. The predicted molar refractivity (Wildman–Crippen MR) is 83.4 cm³/mol. The van der Waals surface area contributed by atoms with Gasteiger partial charge in [-0.2, -0.15) is 0 Å². The van der Waals surface area contributed by atoms with Crippen molar-refractivity contribution in [3.8, 4) is 0 Å². The molecule has 3 nitrogen and oxygen atoms in total. The summed E-state index contributed by atoms with van der Waals surface area (Å²) in [6.45, 7) is 3.93. The van der Waals surface area contributed by atoms with Gasteiger partial charge in [0.15, 0.2) is 6.29 Å². The number of benzene rings is 1. The smallest absolute Gasteiger partial charge is 0.161 e. The molecule has 2 saturated heterocycles. The van der Waals surface area contributed by atoms with E-state index in [4.69, 9.17) is 9.47 Å². The van der Waals surface area contributed by atoms with Gasteiger partial charge in [0.1, 0.15) is 0 Å². The summed E-state index contributed by atoms with van der Waals surface area (Å²) in [6.07, 6.45) is 3.47. The molecule has 0 aliphatic carbocycles. The van der Waals surface area contributed by atoms with Gasteiger partial charge in [0.2, 0.25) is 0 Å². The molecule has 112 valence electrons. The van der Waals surface area contributed by atoms with Crippen LogP contribution in [0.5, 0.6) is 0 Å². The standard InChI is InChI=1S/C18H23NO2/c1-12-17(15-6-3-4-8-16(15)19(12)2)13-7-5-10-20-18-14(13)9-11-21-18/h3-4,6,8,13-14,18H,5,7,9-11H2,1-2H3/t13-,14+,18+/m0/s1. The number of para-hydroxylation sites is 1. The molecule has 2 aliphatic rings. The van der Waals surface area contributed by atoms with Crippen LogP contribution < -0.4 is 0 Å². The average molecular weight is 285 g/mol. The van der Waals surface area contributed by atoms with Crippen LogP contribution in [-0.4, -0.2) is 24.1 Å². The molecule has 0 unspecified atom stereocenters. The fraction of sp³-hybridized carbons (Fsp3) is 0.556. The molecule has 0 N–H and O–H groups in total. The Kier molecular flexibility index (Phi) is 3.27. The minimum absolute atomic E-state index is 0.0101. The second kappa shape index (κ2) is 5.15. The lowest BCUT2D eigenvalue weighted by Gasteiger charge is -2.25. The summed E-state index contributed by atoms with van der Waals surface area (Å²) in [4.78, 5) is 0. The molecular weight excluding hydrogens is 262 g/mol. The molecule has 0 amide bonds. The number of aromatic nitrogens is 1. The van der Waals surface area contributed by atoms with Crippen molar-refractivity contribution in [1.82, 2.24) is 4.57 Å². The van der Waals surface area contributed by atoms with Gasteiger partial charge in [0.25, 0.3) is 0 Å². The molecular formula is C18H23NO2. The summed E-state index contributed by atoms with van der Waals surface area (Å²) in [5, 5.41) is 1.41. The second-order valence-electron chi connectivity index (χ2n) is 6.39. The lowest BCUT2D eigenvalue weighted by atomic mass is 9.81. The van der Waals surface area contributed by atoms with E-state index >= 15 is 0 Å². The minimum Gasteiger partial charge on any atom is -0.352 e. The summed E-state index contributed by atoms with van der Waals surface area (Å²) in [5.74, 6) is 1.07. The van der Waals surface area contributed by atoms with Crippen molar-refractivity contribution < 1.29 is 9.47 Å². The largest absolute Gasteiger partial charge is 0.352 e. The van der Waals surface area contributed by atoms with Gasteiger partial charge in [-0.1, -0.05) is 18.2 Å². The summed E-state index contributed by atoms with van der Waals surface area (Å²) < 4.78 is 14.1. The van der Waals surface area contributed by atoms with E-state index in [0.29, 0.717) is 11.8 Å². The highest BCUT2D eigenvalue weighted by molar-refractivity contribution is 5.86. The zero-order valence-electron chi connectivity index (χ0n) is 12.8. The number of fused-ring (bicyclic) bond motifs is 2. The molecule has 3 atom stereocenters. The topological polar surface area (TPSA) is 23.4 Å². The Morgan fingerprint density at radius 3 is 2.81 bits per heavy atom. The Labute approximate surface area is 125 Å². The summed E-state index contributed by atoms with van der Waals surface area (Å²) >= 11 is 0. The summed E-state index contributed by atoms with van der Waals surface area (Å²) in [5.41, 5.74) is 4.26. The van der Waals surface area contributed by atoms with Gasteiger partial charge in [-0.15, -0.1) is 0 Å². The van der Waals surface area contributed by atoms with Gasteiger partial charge in [-0.3, -0.25) is 0 Å². The monoisotopic (exact) mass is 285 g/mol. The Morgan fingerprint density at radius 2 is 1.90 bits per heavy atom. The van der Waals surface area contributed by atoms with E-state index in [0.717, 1.165) is 26.1 Å². The Bertz CT molecular complexity index is 661. The van der Waals surface area contributed by atoms with E-state index in [9.17, 15) is 0 Å². The van der Waals surface area contributed by atoms with Crippen LogP contribution in [0.25, 0.3) is 10.9 Å². The number of nitrogens with zero attached hydrogens (tertiary/aromatic N) is 1. The van der Waals surface area contributed by atoms with Crippen molar-refractivity contribution in [3.05, 3.63) is 35.5 Å². The van der Waals surface area contributed by atoms with Crippen molar-refractivity contribution >= 4 is 10.9 Å². The maximum absolute atomic E-state index is 5.91. The van der Waals surface area contributed by atoms with E-state index < -0.39 is 0 Å². The third kappa shape index (κ3) is 2.02. The molecule has 4 rings (SSSR count). The van der Waals surface area contributed by atoms with Crippen molar-refractivity contribution in [2.75, 3.05) is 13.2 Å². The van der Waals surface area contributed by atoms with Crippen LogP contribution in [0.2, 0.25) is 0 Å². The van der Waals surface area contributed by atoms with Gasteiger partial charge in [-0.25, -0.2) is 0 Å². The van der Waals surface area contributed by atoms with E-state index in [-0.39, 0.29) is 6.29 Å². The van der Waals surface area contributed by atoms with Crippen molar-refractivity contribution in [2.45, 2.75) is 38.4 Å². The lowest BCUT2D eigenvalue weighted by molar-refractivity contribution is -0.126. The quantitative estimate of drug-likeness (QED) is 0.796. The zero-order chi connectivity index (χ0) is 14.4. The van der Waals surface area contributed by atoms with E-state index in [1.54, 1.807) is 0 Å². The van der Waals surface area contributed by atoms with Gasteiger partial charge < -0.3 is 14.0 Å². The molecule has 2 aliphatic heterocycles. The van der Waals surface area contributed by atoms with Crippen molar-refractivity contribution in [2.24, 2.45) is 13.0 Å². The van der Waals surface area contributed by atoms with Crippen molar-refractivity contribution in [1.29, 1.82) is 0 Å². The molecule has 2 fully saturated rings. The normalized spacial score (nSPS) is 29.5. The van der Waals surface area contributed by atoms with Crippen LogP contribution in [-0.2, 0) is 16.5 Å². The number of hydrogen-bond donors (Lipinski definition) is 0. The lowest BCUT2D eigenvalue weighted by Crippen LogP contribution is -2.23. The SMILES string of the molecule is Cc1c([C@H]2CCCO[C@@H]3OCC[C@@H]32)c2ccccc2n1C. The molecule has 3 heteroatoms. The first-order valence-electron chi connectivity index (χ1n) is 8.04. The predicted octanol–water partition coefficient (Wildman–Crippen LogP) is 3.74. The first kappa shape index (κ1) is 13.4. The number of rotatable bonds is 1. The first-order valence-corrected chi connectivity index (χ1v) is 8.04. The average Bonchev–Trinajstić information content (AvgIpc) is 3.00. The highest BCUT2D eigenvalue weighted by Crippen LogP contribution is 2.44. The maximum atomic E-state index is 5.91. The Hall–Kier alpha value is -1.32. The van der Waals surface area contributed by atoms with Gasteiger partial charge >= 0.3 is 0 Å². The van der Waals surface area contributed by atoms with Crippen LogP contribution in [0.4, 0.5) is 0 Å². The zero-order valence-corrected chi connectivity index (χ0v) is 12.8. The molecule has 0 spiro atoms. The fourth-order valence-corrected chi connectivity index (χ4v) is 4.24. The van der Waals surface area contributed by atoms with Crippen LogP contribution in [0.15, 0.2) is 24.3 Å². The fourth-order valence-electron chi connectivity index (χ4n) is 4.24. The molecule has 0 radical (unpaired) electrons. The minimum atomic E-state index is 0.0101. The third-order valence-corrected chi connectivity index (χ3v) is 5.36. The van der Waals surface area contributed by atoms with Crippen LogP contribution in [0.1, 0.15) is 36.4 Å². The molecule has 21 heavy (non-hydrogen) atoms. The maximum Gasteiger partial charge on any atom is 0.161 e. The Morgan fingerprint density at radius 1 is 1.10 bits per heavy atom. The van der Waals surface area contributed by atoms with Gasteiger partial charge in [0.05, 0.1) is 6.61 Å². The molecule has 1 aromatic carbocycles. The van der Waals surface area contributed by atoms with E-state index in [1.165, 1.54) is 28.6 Å². The molecule has 3 heterocycles. The molecule has 0 saturated carbocycles. The summed E-state index contributed by atoms with van der Waals surface area (Å²) in [7, 11) is 2.18. The van der Waals surface area contributed by atoms with Crippen LogP contribution >= 0.6 is 0 Å². The number of aryl methyl sites for hydroxylation is 1. The van der Waals surface area contributed by atoms with Gasteiger partial charge in [-0.05, 0) is 43.7 Å². The molecule has 0 bridgehead atoms. The second-order valence-corrected chi connectivity index (χ2v) is 6.39. The third-order valence-electron chi connectivity index (χ3n) is 5.36. The van der Waals surface area contributed by atoms with Crippen molar-refractivity contribution in [3.63, 3.8) is 0 Å². The molecule has 1 aromatic heterocycles. The van der Waals surface area contributed by atoms with Gasteiger partial charge in [0, 0.05) is 36.2 Å². The first-order chi connectivity index (χ1) is 10.3. The van der Waals surface area contributed by atoms with E-state index in [1.807, 2.05) is 0 Å². The highest BCUT2D eigenvalue weighted by Gasteiger charge is 2.39. The molecule has 2 aromatic rings. The van der Waals surface area contributed by atoms with Crippen LogP contribution in [0.3, 0.4) is 0 Å². The van der Waals surface area contributed by atoms with Crippen LogP contribution in [0, 0.1) is 12.8 Å².